The SMILES string of the molecule is CC(C)C1[C-]=Cc2ccccc21.[Cl-].[Cl-].[Ti+3]. The van der Waals surface area contributed by atoms with E-state index in [2.05, 4.69) is 50.3 Å². The molecule has 0 amide bonds. The van der Waals surface area contributed by atoms with Crippen LogP contribution in [0.2, 0.25) is 0 Å². The quantitative estimate of drug-likeness (QED) is 0.386. The number of halogens is 2. The van der Waals surface area contributed by atoms with Crippen molar-refractivity contribution in [2.45, 2.75) is 19.8 Å². The third kappa shape index (κ3) is 3.64. The molecular weight excluding hydrogens is 263 g/mol. The molecule has 1 atom stereocenters. The molecule has 1 unspecified atom stereocenters. The smallest absolute Gasteiger partial charge is 1.00 e. The largest absolute Gasteiger partial charge is 3.00 e. The van der Waals surface area contributed by atoms with Crippen LogP contribution in [0.15, 0.2) is 24.3 Å². The van der Waals surface area contributed by atoms with Crippen molar-refractivity contribution in [3.8, 4) is 0 Å². The summed E-state index contributed by atoms with van der Waals surface area (Å²) in [5.74, 6) is 1.17. The topological polar surface area (TPSA) is 0 Å². The molecule has 0 fully saturated rings. The van der Waals surface area contributed by atoms with Crippen LogP contribution in [0.1, 0.15) is 30.9 Å². The molecule has 1 aromatic carbocycles. The standard InChI is InChI=1S/C12H13.2ClH.Ti/c1-9(2)11-8-7-10-5-3-4-6-12(10)11;;;/h3-7,9,11H,1-2H3;2*1H;/q-1;;;+3/p-2. The van der Waals surface area contributed by atoms with E-state index in [-0.39, 0.29) is 46.5 Å². The molecule has 1 radical (unpaired) electrons. The Hall–Kier alpha value is 0.254. The maximum Gasteiger partial charge on any atom is 3.00 e. The Bertz CT molecular complexity index is 321. The van der Waals surface area contributed by atoms with Crippen molar-refractivity contribution in [3.05, 3.63) is 41.5 Å². The fourth-order valence-corrected chi connectivity index (χ4v) is 1.75. The molecule has 0 bridgehead atoms. The van der Waals surface area contributed by atoms with Gasteiger partial charge in [0.25, 0.3) is 0 Å². The first-order valence-corrected chi connectivity index (χ1v) is 4.47. The molecule has 15 heavy (non-hydrogen) atoms. The number of hydrogen-bond acceptors (Lipinski definition) is 0. The van der Waals surface area contributed by atoms with Crippen molar-refractivity contribution < 1.29 is 46.5 Å². The van der Waals surface area contributed by atoms with Gasteiger partial charge in [-0.15, -0.1) is 11.6 Å². The minimum absolute atomic E-state index is 0. The van der Waals surface area contributed by atoms with Crippen molar-refractivity contribution >= 4 is 6.08 Å². The van der Waals surface area contributed by atoms with E-state index in [0.717, 1.165) is 0 Å². The Morgan fingerprint density at radius 1 is 1.13 bits per heavy atom. The van der Waals surface area contributed by atoms with Crippen LogP contribution in [0.3, 0.4) is 0 Å². The van der Waals surface area contributed by atoms with E-state index in [1.54, 1.807) is 0 Å². The predicted octanol–water partition coefficient (Wildman–Crippen LogP) is -2.74. The molecule has 0 saturated carbocycles. The van der Waals surface area contributed by atoms with Crippen molar-refractivity contribution in [2.75, 3.05) is 0 Å². The fraction of sp³-hybridized carbons (Fsp3) is 0.333. The Morgan fingerprint density at radius 3 is 2.33 bits per heavy atom. The number of allylic oxidation sites excluding steroid dienone is 1. The molecule has 2 rings (SSSR count). The summed E-state index contributed by atoms with van der Waals surface area (Å²) in [7, 11) is 0. The van der Waals surface area contributed by atoms with Crippen molar-refractivity contribution in [2.24, 2.45) is 5.92 Å². The maximum atomic E-state index is 3.40. The van der Waals surface area contributed by atoms with Crippen molar-refractivity contribution in [1.82, 2.24) is 0 Å². The minimum Gasteiger partial charge on any atom is -1.00 e. The first kappa shape index (κ1) is 17.6. The molecule has 0 heterocycles. The Labute approximate surface area is 119 Å². The zero-order chi connectivity index (χ0) is 8.55. The monoisotopic (exact) mass is 275 g/mol. The van der Waals surface area contributed by atoms with E-state index in [4.69, 9.17) is 0 Å². The van der Waals surface area contributed by atoms with Crippen molar-refractivity contribution in [1.29, 1.82) is 0 Å². The van der Waals surface area contributed by atoms with Gasteiger partial charge in [-0.25, -0.2) is 6.08 Å². The van der Waals surface area contributed by atoms with Crippen LogP contribution in [-0.2, 0) is 21.7 Å². The Balaban J connectivity index is 0. The Kier molecular flexibility index (Phi) is 8.84. The van der Waals surface area contributed by atoms with Gasteiger partial charge in [-0.2, -0.15) is 5.56 Å². The van der Waals surface area contributed by atoms with Gasteiger partial charge in [-0.05, 0) is 0 Å². The average Bonchev–Trinajstić information content (AvgIpc) is 2.47. The van der Waals surface area contributed by atoms with Crippen molar-refractivity contribution in [3.63, 3.8) is 0 Å². The summed E-state index contributed by atoms with van der Waals surface area (Å²) in [5, 5.41) is 0. The van der Waals surface area contributed by atoms with Crippen LogP contribution in [-0.4, -0.2) is 0 Å². The zero-order valence-corrected chi connectivity index (χ0v) is 11.9. The molecule has 3 heteroatoms. The summed E-state index contributed by atoms with van der Waals surface area (Å²) in [6.45, 7) is 4.49. The first-order chi connectivity index (χ1) is 5.79. The summed E-state index contributed by atoms with van der Waals surface area (Å²) >= 11 is 0. The molecule has 1 aliphatic rings. The van der Waals surface area contributed by atoms with Gasteiger partial charge in [0, 0.05) is 0 Å². The molecule has 1 aliphatic carbocycles. The first-order valence-electron chi connectivity index (χ1n) is 4.47. The molecule has 0 nitrogen and oxygen atoms in total. The van der Waals surface area contributed by atoms with Gasteiger partial charge >= 0.3 is 21.7 Å². The number of rotatable bonds is 1. The molecule has 0 saturated heterocycles. The molecule has 0 aromatic heterocycles. The average molecular weight is 276 g/mol. The third-order valence-corrected chi connectivity index (χ3v) is 2.42. The number of fused-ring (bicyclic) bond motifs is 1. The molecular formula is C12H13Cl2Ti. The number of benzene rings is 1. The minimum atomic E-state index is 0. The van der Waals surface area contributed by atoms with E-state index in [1.807, 2.05) is 0 Å². The summed E-state index contributed by atoms with van der Waals surface area (Å²) in [6, 6.07) is 8.55. The van der Waals surface area contributed by atoms with Crippen LogP contribution >= 0.6 is 0 Å². The summed E-state index contributed by atoms with van der Waals surface area (Å²) in [5.41, 5.74) is 2.78. The van der Waals surface area contributed by atoms with Crippen LogP contribution in [0.5, 0.6) is 0 Å². The third-order valence-electron chi connectivity index (χ3n) is 2.42. The molecule has 1 aromatic rings. The van der Waals surface area contributed by atoms with Crippen LogP contribution in [0.25, 0.3) is 6.08 Å². The van der Waals surface area contributed by atoms with E-state index >= 15 is 0 Å². The van der Waals surface area contributed by atoms with Crippen LogP contribution in [0, 0.1) is 12.0 Å². The second-order valence-electron chi connectivity index (χ2n) is 3.66. The fourth-order valence-electron chi connectivity index (χ4n) is 1.75. The zero-order valence-electron chi connectivity index (χ0n) is 8.80. The van der Waals surface area contributed by atoms with Crippen LogP contribution in [0.4, 0.5) is 0 Å². The summed E-state index contributed by atoms with van der Waals surface area (Å²) in [6.07, 6.45) is 5.51. The van der Waals surface area contributed by atoms with E-state index in [1.165, 1.54) is 11.1 Å². The van der Waals surface area contributed by atoms with E-state index in [9.17, 15) is 0 Å². The molecule has 79 valence electrons. The van der Waals surface area contributed by atoms with Gasteiger partial charge in [0.2, 0.25) is 0 Å². The second kappa shape index (κ2) is 7.51. The van der Waals surface area contributed by atoms with Gasteiger partial charge in [-0.1, -0.05) is 43.9 Å². The predicted molar refractivity (Wildman–Crippen MR) is 51.7 cm³/mol. The molecule has 0 aliphatic heterocycles. The van der Waals surface area contributed by atoms with Gasteiger partial charge in [-0.3, -0.25) is 6.08 Å². The molecule has 0 N–H and O–H groups in total. The Morgan fingerprint density at radius 2 is 1.73 bits per heavy atom. The van der Waals surface area contributed by atoms with Gasteiger partial charge < -0.3 is 24.8 Å². The van der Waals surface area contributed by atoms with Crippen LogP contribution < -0.4 is 24.8 Å². The van der Waals surface area contributed by atoms with E-state index < -0.39 is 0 Å². The normalized spacial score (nSPS) is 16.1. The van der Waals surface area contributed by atoms with E-state index in [0.29, 0.717) is 11.8 Å². The maximum absolute atomic E-state index is 3.40. The summed E-state index contributed by atoms with van der Waals surface area (Å²) < 4.78 is 0. The van der Waals surface area contributed by atoms with Gasteiger partial charge in [0.15, 0.2) is 0 Å². The van der Waals surface area contributed by atoms with Gasteiger partial charge in [0.05, 0.1) is 0 Å². The second-order valence-corrected chi connectivity index (χ2v) is 3.66. The summed E-state index contributed by atoms with van der Waals surface area (Å²) in [4.78, 5) is 0. The molecule has 0 spiro atoms. The number of hydrogen-bond donors (Lipinski definition) is 0. The van der Waals surface area contributed by atoms with Gasteiger partial charge in [0.1, 0.15) is 0 Å².